The van der Waals surface area contributed by atoms with Gasteiger partial charge in [-0.25, -0.2) is 9.37 Å². The first-order valence-corrected chi connectivity index (χ1v) is 12.4. The normalized spacial score (nSPS) is 10.7. The molecule has 0 aliphatic carbocycles. The smallest absolute Gasteiger partial charge is 0.314 e. The number of rotatable bonds is 10. The van der Waals surface area contributed by atoms with E-state index in [-0.39, 0.29) is 48.4 Å². The van der Waals surface area contributed by atoms with E-state index in [4.69, 9.17) is 9.47 Å². The highest BCUT2D eigenvalue weighted by molar-refractivity contribution is 6.40. The number of hydrogen-bond donors (Lipinski definition) is 3. The average Bonchev–Trinajstić information content (AvgIpc) is 2.97. The number of methoxy groups -OCH3 is 1. The fourth-order valence-corrected chi connectivity index (χ4v) is 3.88. The first-order chi connectivity index (χ1) is 19.4. The van der Waals surface area contributed by atoms with Gasteiger partial charge in [0.25, 0.3) is 5.91 Å². The largest absolute Gasteiger partial charge is 0.484 e. The number of nitrogens with zero attached hydrogens (tertiary/aromatic N) is 2. The van der Waals surface area contributed by atoms with Crippen molar-refractivity contribution in [2.75, 3.05) is 32.6 Å². The number of nitrogens with one attached hydrogen (secondary N) is 3. The van der Waals surface area contributed by atoms with Gasteiger partial charge in [0.05, 0.1) is 6.61 Å². The van der Waals surface area contributed by atoms with E-state index in [9.17, 15) is 18.8 Å². The molecule has 40 heavy (non-hydrogen) atoms. The summed E-state index contributed by atoms with van der Waals surface area (Å²) in [6.07, 6.45) is 2.02. The molecule has 2 aromatic heterocycles. The molecule has 0 bridgehead atoms. The van der Waals surface area contributed by atoms with Gasteiger partial charge in [0, 0.05) is 32.3 Å². The highest BCUT2D eigenvalue weighted by atomic mass is 19.1. The molecule has 4 rings (SSSR count). The highest BCUT2D eigenvalue weighted by Crippen LogP contribution is 2.33. The van der Waals surface area contributed by atoms with Crippen LogP contribution in [0, 0.1) is 5.82 Å². The summed E-state index contributed by atoms with van der Waals surface area (Å²) in [5.41, 5.74) is 2.55. The minimum atomic E-state index is -0.969. The van der Waals surface area contributed by atoms with E-state index in [0.29, 0.717) is 11.8 Å². The predicted molar refractivity (Wildman–Crippen MR) is 146 cm³/mol. The number of ether oxygens (including phenoxy) is 2. The number of anilines is 1. The molecule has 206 valence electrons. The van der Waals surface area contributed by atoms with E-state index in [2.05, 4.69) is 25.9 Å². The molecule has 4 aromatic rings. The van der Waals surface area contributed by atoms with E-state index >= 15 is 0 Å². The van der Waals surface area contributed by atoms with Crippen LogP contribution in [0.5, 0.6) is 5.75 Å². The maximum Gasteiger partial charge on any atom is 0.314 e. The van der Waals surface area contributed by atoms with Crippen LogP contribution in [0.4, 0.5) is 10.2 Å². The van der Waals surface area contributed by atoms with Crippen LogP contribution in [0.1, 0.15) is 27.2 Å². The first-order valence-electron chi connectivity index (χ1n) is 12.4. The molecule has 0 fully saturated rings. The van der Waals surface area contributed by atoms with Crippen molar-refractivity contribution in [2.45, 2.75) is 13.0 Å². The third-order valence-corrected chi connectivity index (χ3v) is 5.87. The van der Waals surface area contributed by atoms with E-state index in [1.807, 2.05) is 30.3 Å². The van der Waals surface area contributed by atoms with E-state index in [1.165, 1.54) is 26.3 Å². The van der Waals surface area contributed by atoms with Crippen molar-refractivity contribution in [2.24, 2.45) is 0 Å². The van der Waals surface area contributed by atoms with Gasteiger partial charge in [0.15, 0.2) is 11.4 Å². The van der Waals surface area contributed by atoms with Crippen molar-refractivity contribution in [1.29, 1.82) is 0 Å². The number of benzene rings is 2. The number of halogens is 1. The lowest BCUT2D eigenvalue weighted by molar-refractivity contribution is -0.135. The lowest BCUT2D eigenvalue weighted by Crippen LogP contribution is -2.33. The van der Waals surface area contributed by atoms with Crippen LogP contribution in [0.25, 0.3) is 10.9 Å². The summed E-state index contributed by atoms with van der Waals surface area (Å²) in [7, 11) is 2.83. The summed E-state index contributed by atoms with van der Waals surface area (Å²) in [6, 6.07) is 17.1. The number of amides is 3. The van der Waals surface area contributed by atoms with Crippen molar-refractivity contribution in [3.63, 3.8) is 0 Å². The van der Waals surface area contributed by atoms with Gasteiger partial charge in [-0.15, -0.1) is 0 Å². The molecule has 3 amide bonds. The Kier molecular flexibility index (Phi) is 9.31. The second-order valence-corrected chi connectivity index (χ2v) is 8.74. The van der Waals surface area contributed by atoms with Crippen LogP contribution in [-0.2, 0) is 27.4 Å². The summed E-state index contributed by atoms with van der Waals surface area (Å²) in [6.45, 7) is 0.598. The zero-order valence-corrected chi connectivity index (χ0v) is 22.0. The Hall–Kier alpha value is -4.90. The number of aromatic nitrogens is 2. The SMILES string of the molecule is CNC(=O)C(=O)Nc1nc(C(=O)NCCOC)c(OCc2ccccc2)c2ncc(Cc3ccc(F)cc3)cc12. The maximum absolute atomic E-state index is 13.4. The topological polar surface area (TPSA) is 132 Å². The highest BCUT2D eigenvalue weighted by Gasteiger charge is 2.24. The summed E-state index contributed by atoms with van der Waals surface area (Å²) in [4.78, 5) is 46.7. The molecule has 10 nitrogen and oxygen atoms in total. The molecular weight excluding hydrogens is 517 g/mol. The van der Waals surface area contributed by atoms with Crippen molar-refractivity contribution in [3.05, 3.63) is 95.1 Å². The molecule has 2 aromatic carbocycles. The number of fused-ring (bicyclic) bond motifs is 1. The molecule has 0 aliphatic heterocycles. The van der Waals surface area contributed by atoms with Crippen LogP contribution in [-0.4, -0.2) is 55.0 Å². The molecule has 0 aliphatic rings. The Morgan fingerprint density at radius 3 is 2.40 bits per heavy atom. The van der Waals surface area contributed by atoms with E-state index < -0.39 is 17.7 Å². The fraction of sp³-hybridized carbons (Fsp3) is 0.207. The molecule has 0 unspecified atom stereocenters. The van der Waals surface area contributed by atoms with Crippen molar-refractivity contribution in [3.8, 4) is 5.75 Å². The number of carbonyl (C=O) groups excluding carboxylic acids is 3. The number of likely N-dealkylation sites (N-methyl/N-ethyl adjacent to an activating group) is 1. The Morgan fingerprint density at radius 1 is 0.950 bits per heavy atom. The van der Waals surface area contributed by atoms with Crippen LogP contribution in [0.2, 0.25) is 0 Å². The quantitative estimate of drug-likeness (QED) is 0.206. The Morgan fingerprint density at radius 2 is 1.70 bits per heavy atom. The van der Waals surface area contributed by atoms with Gasteiger partial charge < -0.3 is 25.4 Å². The summed E-state index contributed by atoms with van der Waals surface area (Å²) < 4.78 is 24.5. The second-order valence-electron chi connectivity index (χ2n) is 8.74. The van der Waals surface area contributed by atoms with Gasteiger partial charge in [-0.1, -0.05) is 42.5 Å². The minimum Gasteiger partial charge on any atom is -0.484 e. The number of hydrogen-bond acceptors (Lipinski definition) is 7. The zero-order valence-electron chi connectivity index (χ0n) is 22.0. The van der Waals surface area contributed by atoms with Crippen molar-refractivity contribution < 1.29 is 28.2 Å². The Balaban J connectivity index is 1.83. The zero-order chi connectivity index (χ0) is 28.5. The monoisotopic (exact) mass is 545 g/mol. The minimum absolute atomic E-state index is 0.0407. The van der Waals surface area contributed by atoms with Gasteiger partial charge in [-0.3, -0.25) is 19.4 Å². The van der Waals surface area contributed by atoms with Crippen molar-refractivity contribution in [1.82, 2.24) is 20.6 Å². The molecule has 0 saturated carbocycles. The second kappa shape index (κ2) is 13.3. The van der Waals surface area contributed by atoms with Gasteiger partial charge >= 0.3 is 11.8 Å². The van der Waals surface area contributed by atoms with Crippen LogP contribution in [0.3, 0.4) is 0 Å². The van der Waals surface area contributed by atoms with E-state index in [0.717, 1.165) is 16.7 Å². The van der Waals surface area contributed by atoms with Crippen LogP contribution < -0.4 is 20.7 Å². The Labute approximate surface area is 229 Å². The third kappa shape index (κ3) is 6.94. The van der Waals surface area contributed by atoms with Gasteiger partial charge in [0.2, 0.25) is 0 Å². The lowest BCUT2D eigenvalue weighted by atomic mass is 10.0. The molecule has 2 heterocycles. The first kappa shape index (κ1) is 28.1. The summed E-state index contributed by atoms with van der Waals surface area (Å²) >= 11 is 0. The van der Waals surface area contributed by atoms with Gasteiger partial charge in [0.1, 0.15) is 23.8 Å². The predicted octanol–water partition coefficient (Wildman–Crippen LogP) is 3.00. The Bertz CT molecular complexity index is 1510. The third-order valence-electron chi connectivity index (χ3n) is 5.87. The molecule has 11 heteroatoms. The fourth-order valence-electron chi connectivity index (χ4n) is 3.88. The molecule has 3 N–H and O–H groups in total. The molecule has 0 radical (unpaired) electrons. The molecular formula is C29H28FN5O5. The lowest BCUT2D eigenvalue weighted by Gasteiger charge is -2.17. The standard InChI is InChI=1S/C29H28FN5O5/c1-31-28(37)29(38)35-26-22-15-20(14-18-8-10-21(30)11-9-18)16-33-23(22)25(40-17-19-6-4-3-5-7-19)24(34-26)27(36)32-12-13-39-2/h3-11,15-16H,12-14,17H2,1-2H3,(H,31,37)(H,32,36)(H,34,35,38). The average molecular weight is 546 g/mol. The van der Waals surface area contributed by atoms with E-state index in [1.54, 1.807) is 24.4 Å². The van der Waals surface area contributed by atoms with Gasteiger partial charge in [-0.05, 0) is 41.3 Å². The summed E-state index contributed by atoms with van der Waals surface area (Å²) in [5.74, 6) is -2.71. The summed E-state index contributed by atoms with van der Waals surface area (Å²) in [5, 5.41) is 7.81. The molecule has 0 saturated heterocycles. The maximum atomic E-state index is 13.4. The molecule has 0 spiro atoms. The van der Waals surface area contributed by atoms with Gasteiger partial charge in [-0.2, -0.15) is 0 Å². The van der Waals surface area contributed by atoms with Crippen LogP contribution >= 0.6 is 0 Å². The van der Waals surface area contributed by atoms with Crippen LogP contribution in [0.15, 0.2) is 66.9 Å². The van der Waals surface area contributed by atoms with Crippen molar-refractivity contribution >= 4 is 34.4 Å². The number of carbonyl (C=O) groups is 3. The number of pyridine rings is 2. The molecule has 0 atom stereocenters.